The van der Waals surface area contributed by atoms with Crippen LogP contribution in [0.5, 0.6) is 0 Å². The number of aryl methyl sites for hydroxylation is 1. The van der Waals surface area contributed by atoms with Crippen LogP contribution in [0, 0.1) is 19.3 Å². The maximum absolute atomic E-state index is 4.25. The maximum atomic E-state index is 4.25. The van der Waals surface area contributed by atoms with Gasteiger partial charge in [-0.3, -0.25) is 9.88 Å². The van der Waals surface area contributed by atoms with Crippen LogP contribution in [0.4, 0.5) is 0 Å². The van der Waals surface area contributed by atoms with Gasteiger partial charge in [0.15, 0.2) is 0 Å². The molecule has 0 amide bonds. The van der Waals surface area contributed by atoms with Gasteiger partial charge < -0.3 is 9.88 Å². The van der Waals surface area contributed by atoms with Gasteiger partial charge in [-0.25, -0.2) is 0 Å². The van der Waals surface area contributed by atoms with Gasteiger partial charge in [-0.15, -0.1) is 0 Å². The van der Waals surface area contributed by atoms with E-state index in [1.165, 1.54) is 68.0 Å². The maximum Gasteiger partial charge on any atom is 0.0490 e. The van der Waals surface area contributed by atoms with Crippen molar-refractivity contribution < 1.29 is 0 Å². The molecule has 2 fully saturated rings. The van der Waals surface area contributed by atoms with Crippen LogP contribution in [-0.4, -0.2) is 40.6 Å². The lowest BCUT2D eigenvalue weighted by molar-refractivity contribution is 0.194. The first kappa shape index (κ1) is 16.8. The van der Waals surface area contributed by atoms with Gasteiger partial charge >= 0.3 is 0 Å². The Labute approximate surface area is 151 Å². The molecule has 4 rings (SSSR count). The predicted octanol–water partition coefficient (Wildman–Crippen LogP) is 3.12. The quantitative estimate of drug-likeness (QED) is 0.930. The smallest absolute Gasteiger partial charge is 0.0490 e. The number of hydrogen-bond donors (Lipinski definition) is 1. The number of aromatic nitrogens is 2. The summed E-state index contributed by atoms with van der Waals surface area (Å²) in [7, 11) is 0. The van der Waals surface area contributed by atoms with Crippen molar-refractivity contribution in [3.63, 3.8) is 0 Å². The van der Waals surface area contributed by atoms with Crippen molar-refractivity contribution in [2.24, 2.45) is 5.41 Å². The van der Waals surface area contributed by atoms with Gasteiger partial charge in [0.25, 0.3) is 0 Å². The number of hydrogen-bond acceptors (Lipinski definition) is 3. The molecule has 134 valence electrons. The zero-order valence-corrected chi connectivity index (χ0v) is 15.6. The zero-order valence-electron chi connectivity index (χ0n) is 15.6. The Bertz CT molecular complexity index is 713. The summed E-state index contributed by atoms with van der Waals surface area (Å²) in [5.74, 6) is 0. The fraction of sp³-hybridized carbons (Fsp3) is 0.571. The highest BCUT2D eigenvalue weighted by Crippen LogP contribution is 2.39. The number of likely N-dealkylation sites (tertiary alicyclic amines) is 1. The van der Waals surface area contributed by atoms with Crippen molar-refractivity contribution in [3.8, 4) is 0 Å². The molecule has 2 aromatic heterocycles. The molecule has 4 heterocycles. The van der Waals surface area contributed by atoms with Gasteiger partial charge in [0.1, 0.15) is 0 Å². The van der Waals surface area contributed by atoms with Crippen molar-refractivity contribution in [2.45, 2.75) is 46.2 Å². The fourth-order valence-electron chi connectivity index (χ4n) is 4.72. The number of nitrogens with zero attached hydrogens (tertiary/aromatic N) is 3. The van der Waals surface area contributed by atoms with Crippen molar-refractivity contribution in [3.05, 3.63) is 53.1 Å². The molecule has 2 aromatic rings. The molecule has 0 aromatic carbocycles. The minimum atomic E-state index is 0.590. The third-order valence-corrected chi connectivity index (χ3v) is 6.32. The van der Waals surface area contributed by atoms with Crippen LogP contribution in [-0.2, 0) is 13.1 Å². The Morgan fingerprint density at radius 3 is 2.76 bits per heavy atom. The van der Waals surface area contributed by atoms with Crippen molar-refractivity contribution in [1.29, 1.82) is 0 Å². The molecule has 4 nitrogen and oxygen atoms in total. The van der Waals surface area contributed by atoms with Gasteiger partial charge in [0.05, 0.1) is 0 Å². The lowest BCUT2D eigenvalue weighted by atomic mass is 9.78. The van der Waals surface area contributed by atoms with Crippen molar-refractivity contribution in [2.75, 3.05) is 26.2 Å². The van der Waals surface area contributed by atoms with Crippen LogP contribution in [0.15, 0.2) is 30.6 Å². The summed E-state index contributed by atoms with van der Waals surface area (Å²) < 4.78 is 2.43. The Kier molecular flexibility index (Phi) is 4.65. The summed E-state index contributed by atoms with van der Waals surface area (Å²) in [6.45, 7) is 11.5. The topological polar surface area (TPSA) is 33.1 Å². The largest absolute Gasteiger partial charge is 0.344 e. The van der Waals surface area contributed by atoms with Crippen LogP contribution < -0.4 is 5.32 Å². The molecular weight excluding hydrogens is 308 g/mol. The SMILES string of the molecule is Cc1cc(CN2CCC3(CCNCC3)C2)c(C)n1Cc1cccnc1. The second-order valence-corrected chi connectivity index (χ2v) is 8.05. The van der Waals surface area contributed by atoms with Gasteiger partial charge in [0, 0.05) is 43.4 Å². The molecule has 0 unspecified atom stereocenters. The summed E-state index contributed by atoms with van der Waals surface area (Å²) in [6.07, 6.45) is 7.89. The molecule has 25 heavy (non-hydrogen) atoms. The predicted molar refractivity (Wildman–Crippen MR) is 102 cm³/mol. The van der Waals surface area contributed by atoms with Gasteiger partial charge in [-0.1, -0.05) is 6.07 Å². The highest BCUT2D eigenvalue weighted by molar-refractivity contribution is 5.28. The van der Waals surface area contributed by atoms with Crippen molar-refractivity contribution >= 4 is 0 Å². The van der Waals surface area contributed by atoms with Crippen LogP contribution in [0.3, 0.4) is 0 Å². The second-order valence-electron chi connectivity index (χ2n) is 8.05. The standard InChI is InChI=1S/C21H30N4/c1-17-12-20(18(2)25(17)14-19-4-3-8-23-13-19)15-24-11-7-21(16-24)5-9-22-10-6-21/h3-4,8,12-13,22H,5-7,9-11,14-16H2,1-2H3. The Morgan fingerprint density at radius 2 is 2.00 bits per heavy atom. The molecule has 2 saturated heterocycles. The van der Waals surface area contributed by atoms with E-state index in [0.29, 0.717) is 5.41 Å². The van der Waals surface area contributed by atoms with E-state index in [2.05, 4.69) is 45.7 Å². The molecule has 1 N–H and O–H groups in total. The molecule has 4 heteroatoms. The van der Waals surface area contributed by atoms with Gasteiger partial charge in [-0.2, -0.15) is 0 Å². The highest BCUT2D eigenvalue weighted by atomic mass is 15.2. The number of rotatable bonds is 4. The van der Waals surface area contributed by atoms with Gasteiger partial charge in [-0.05, 0) is 81.4 Å². The van der Waals surface area contributed by atoms with E-state index >= 15 is 0 Å². The molecule has 0 bridgehead atoms. The average Bonchev–Trinajstić information content (AvgIpc) is 3.13. The molecule has 0 aliphatic carbocycles. The molecule has 0 atom stereocenters. The summed E-state index contributed by atoms with van der Waals surface area (Å²) in [5, 5.41) is 3.52. The first-order chi connectivity index (χ1) is 12.2. The van der Waals surface area contributed by atoms with Crippen LogP contribution in [0.1, 0.15) is 41.8 Å². The molecule has 0 radical (unpaired) electrons. The minimum Gasteiger partial charge on any atom is -0.344 e. The van der Waals surface area contributed by atoms with E-state index in [4.69, 9.17) is 0 Å². The third-order valence-electron chi connectivity index (χ3n) is 6.32. The van der Waals surface area contributed by atoms with Crippen molar-refractivity contribution in [1.82, 2.24) is 19.8 Å². The van der Waals surface area contributed by atoms with Crippen LogP contribution in [0.2, 0.25) is 0 Å². The Balaban J connectivity index is 1.46. The normalized spacial score (nSPS) is 20.4. The van der Waals surface area contributed by atoms with E-state index in [1.54, 1.807) is 0 Å². The molecule has 1 spiro atoms. The third kappa shape index (κ3) is 3.51. The second kappa shape index (κ2) is 6.93. The Morgan fingerprint density at radius 1 is 1.16 bits per heavy atom. The average molecular weight is 338 g/mol. The highest BCUT2D eigenvalue weighted by Gasteiger charge is 2.38. The monoisotopic (exact) mass is 338 g/mol. The fourth-order valence-corrected chi connectivity index (χ4v) is 4.72. The summed E-state index contributed by atoms with van der Waals surface area (Å²) in [6, 6.07) is 6.57. The van der Waals surface area contributed by atoms with Crippen LogP contribution >= 0.6 is 0 Å². The summed E-state index contributed by atoms with van der Waals surface area (Å²) >= 11 is 0. The van der Waals surface area contributed by atoms with Gasteiger partial charge in [0.2, 0.25) is 0 Å². The molecule has 2 aliphatic heterocycles. The van der Waals surface area contributed by atoms with E-state index in [-0.39, 0.29) is 0 Å². The Hall–Kier alpha value is -1.65. The molecular formula is C21H30N4. The lowest BCUT2D eigenvalue weighted by Gasteiger charge is -2.33. The lowest BCUT2D eigenvalue weighted by Crippen LogP contribution is -2.38. The van der Waals surface area contributed by atoms with E-state index < -0.39 is 0 Å². The first-order valence-electron chi connectivity index (χ1n) is 9.63. The molecule has 2 aliphatic rings. The van der Waals surface area contributed by atoms with E-state index in [9.17, 15) is 0 Å². The number of pyridine rings is 1. The summed E-state index contributed by atoms with van der Waals surface area (Å²) in [4.78, 5) is 6.93. The van der Waals surface area contributed by atoms with Crippen LogP contribution in [0.25, 0.3) is 0 Å². The zero-order chi connectivity index (χ0) is 17.3. The van der Waals surface area contributed by atoms with E-state index in [1.807, 2.05) is 18.5 Å². The molecule has 0 saturated carbocycles. The first-order valence-corrected chi connectivity index (χ1v) is 9.63. The van der Waals surface area contributed by atoms with E-state index in [0.717, 1.165) is 13.1 Å². The summed E-state index contributed by atoms with van der Waals surface area (Å²) in [5.41, 5.74) is 6.12. The number of piperidine rings is 1. The minimum absolute atomic E-state index is 0.590. The number of nitrogens with one attached hydrogen (secondary N) is 1.